The van der Waals surface area contributed by atoms with E-state index in [0.29, 0.717) is 22.2 Å². The van der Waals surface area contributed by atoms with Crippen LogP contribution in [0.15, 0.2) is 89.8 Å². The number of halogens is 1. The zero-order valence-electron chi connectivity index (χ0n) is 15.9. The molecule has 3 aromatic carbocycles. The number of rotatable bonds is 6. The molecule has 152 valence electrons. The van der Waals surface area contributed by atoms with Gasteiger partial charge < -0.3 is 8.92 Å². The third-order valence-corrected chi connectivity index (χ3v) is 5.82. The topological polar surface area (TPSA) is 70.4 Å². The summed E-state index contributed by atoms with van der Waals surface area (Å²) in [6.07, 6.45) is 0. The molecule has 0 spiro atoms. The van der Waals surface area contributed by atoms with Crippen LogP contribution in [0, 0.1) is 0 Å². The minimum Gasteiger partial charge on any atom is -0.497 e. The number of methoxy groups -OCH3 is 1. The maximum atomic E-state index is 12.9. The normalized spacial score (nSPS) is 11.3. The van der Waals surface area contributed by atoms with Gasteiger partial charge in [0.15, 0.2) is 0 Å². The molecule has 0 saturated carbocycles. The Kier molecular flexibility index (Phi) is 5.48. The molecule has 0 bridgehead atoms. The van der Waals surface area contributed by atoms with Crippen molar-refractivity contribution in [2.24, 2.45) is 0 Å². The Morgan fingerprint density at radius 1 is 0.900 bits per heavy atom. The Morgan fingerprint density at radius 2 is 1.63 bits per heavy atom. The molecule has 0 aliphatic rings. The van der Waals surface area contributed by atoms with Crippen molar-refractivity contribution in [2.75, 3.05) is 7.11 Å². The lowest BCUT2D eigenvalue weighted by Crippen LogP contribution is -2.12. The van der Waals surface area contributed by atoms with Crippen LogP contribution in [0.25, 0.3) is 16.9 Å². The summed E-state index contributed by atoms with van der Waals surface area (Å²) in [6, 6.07) is 23.9. The molecule has 0 N–H and O–H groups in total. The van der Waals surface area contributed by atoms with Crippen LogP contribution in [0.1, 0.15) is 0 Å². The number of hydrogen-bond acceptors (Lipinski definition) is 5. The molecule has 30 heavy (non-hydrogen) atoms. The van der Waals surface area contributed by atoms with Gasteiger partial charge in [-0.3, -0.25) is 0 Å². The summed E-state index contributed by atoms with van der Waals surface area (Å²) in [6.45, 7) is 0. The molecule has 0 atom stereocenters. The quantitative estimate of drug-likeness (QED) is 0.396. The smallest absolute Gasteiger partial charge is 0.340 e. The van der Waals surface area contributed by atoms with Gasteiger partial charge in [0.25, 0.3) is 0 Å². The first-order valence-electron chi connectivity index (χ1n) is 8.96. The van der Waals surface area contributed by atoms with Crippen LogP contribution in [0.2, 0.25) is 5.02 Å². The molecule has 6 nitrogen and oxygen atoms in total. The first kappa shape index (κ1) is 20.0. The van der Waals surface area contributed by atoms with E-state index < -0.39 is 10.1 Å². The monoisotopic (exact) mass is 440 g/mol. The van der Waals surface area contributed by atoms with Crippen molar-refractivity contribution >= 4 is 21.7 Å². The minimum atomic E-state index is -4.10. The number of benzene rings is 3. The lowest BCUT2D eigenvalue weighted by molar-refractivity contribution is 0.414. The fraction of sp³-hybridized carbons (Fsp3) is 0.0455. The van der Waals surface area contributed by atoms with Gasteiger partial charge in [0, 0.05) is 16.7 Å². The van der Waals surface area contributed by atoms with Crippen LogP contribution in [0.4, 0.5) is 0 Å². The number of ether oxygens (including phenoxy) is 1. The predicted molar refractivity (Wildman–Crippen MR) is 115 cm³/mol. The van der Waals surface area contributed by atoms with Crippen molar-refractivity contribution in [3.63, 3.8) is 0 Å². The second-order valence-corrected chi connectivity index (χ2v) is 8.32. The molecule has 0 radical (unpaired) electrons. The molecule has 0 aliphatic heterocycles. The van der Waals surface area contributed by atoms with Crippen molar-refractivity contribution in [1.82, 2.24) is 9.78 Å². The number of hydrogen-bond donors (Lipinski definition) is 0. The lowest BCUT2D eigenvalue weighted by atomic mass is 10.2. The van der Waals surface area contributed by atoms with Crippen LogP contribution in [0.5, 0.6) is 11.6 Å². The van der Waals surface area contributed by atoms with E-state index in [1.807, 2.05) is 30.3 Å². The van der Waals surface area contributed by atoms with E-state index in [-0.39, 0.29) is 10.8 Å². The first-order valence-corrected chi connectivity index (χ1v) is 10.7. The summed E-state index contributed by atoms with van der Waals surface area (Å²) in [7, 11) is -2.59. The zero-order valence-corrected chi connectivity index (χ0v) is 17.5. The highest BCUT2D eigenvalue weighted by Crippen LogP contribution is 2.29. The van der Waals surface area contributed by atoms with Crippen LogP contribution in [-0.2, 0) is 10.1 Å². The molecule has 0 saturated heterocycles. The molecule has 0 fully saturated rings. The van der Waals surface area contributed by atoms with Crippen molar-refractivity contribution < 1.29 is 17.3 Å². The van der Waals surface area contributed by atoms with E-state index in [2.05, 4.69) is 5.10 Å². The molecule has 4 aromatic rings. The fourth-order valence-electron chi connectivity index (χ4n) is 2.87. The first-order chi connectivity index (χ1) is 14.5. The zero-order chi connectivity index (χ0) is 21.1. The summed E-state index contributed by atoms with van der Waals surface area (Å²) >= 11 is 6.12. The minimum absolute atomic E-state index is 0.00315. The Bertz CT molecular complexity index is 1270. The molecule has 0 aliphatic carbocycles. The van der Waals surface area contributed by atoms with Gasteiger partial charge in [-0.2, -0.15) is 18.2 Å². The van der Waals surface area contributed by atoms with E-state index in [1.54, 1.807) is 42.5 Å². The average Bonchev–Trinajstić information content (AvgIpc) is 3.17. The van der Waals surface area contributed by atoms with Crippen LogP contribution >= 0.6 is 11.6 Å². The molecule has 0 unspecified atom stereocenters. The summed E-state index contributed by atoms with van der Waals surface area (Å²) in [4.78, 5) is 0.00315. The average molecular weight is 441 g/mol. The highest BCUT2D eigenvalue weighted by molar-refractivity contribution is 7.87. The van der Waals surface area contributed by atoms with E-state index in [0.717, 1.165) is 5.56 Å². The van der Waals surface area contributed by atoms with Crippen molar-refractivity contribution in [3.8, 4) is 28.6 Å². The van der Waals surface area contributed by atoms with Gasteiger partial charge in [0.2, 0.25) is 5.88 Å². The van der Waals surface area contributed by atoms with Crippen LogP contribution in [-0.4, -0.2) is 25.3 Å². The highest BCUT2D eigenvalue weighted by Gasteiger charge is 2.22. The SMILES string of the molecule is COc1ccc(S(=O)(=O)Oc2cc(-c3ccccc3)nn2-c2cccc(Cl)c2)cc1. The molecule has 1 heterocycles. The molecular formula is C22H17ClN2O4S. The fourth-order valence-corrected chi connectivity index (χ4v) is 3.96. The summed E-state index contributed by atoms with van der Waals surface area (Å²) in [5.74, 6) is 0.594. The van der Waals surface area contributed by atoms with E-state index >= 15 is 0 Å². The van der Waals surface area contributed by atoms with Crippen molar-refractivity contribution in [1.29, 1.82) is 0 Å². The van der Waals surface area contributed by atoms with Crippen LogP contribution in [0.3, 0.4) is 0 Å². The van der Waals surface area contributed by atoms with Gasteiger partial charge in [0.05, 0.1) is 18.5 Å². The van der Waals surface area contributed by atoms with Crippen molar-refractivity contribution in [2.45, 2.75) is 4.90 Å². The maximum Gasteiger partial charge on any atom is 0.340 e. The number of nitrogens with zero attached hydrogens (tertiary/aromatic N) is 2. The van der Waals surface area contributed by atoms with Gasteiger partial charge in [0.1, 0.15) is 10.6 Å². The summed E-state index contributed by atoms with van der Waals surface area (Å²) in [5, 5.41) is 5.04. The lowest BCUT2D eigenvalue weighted by Gasteiger charge is -2.10. The van der Waals surface area contributed by atoms with Gasteiger partial charge in [-0.15, -0.1) is 0 Å². The molecule has 4 rings (SSSR count). The Morgan fingerprint density at radius 3 is 2.30 bits per heavy atom. The molecular weight excluding hydrogens is 424 g/mol. The Labute approximate surface area is 179 Å². The predicted octanol–water partition coefficient (Wildman–Crippen LogP) is 4.97. The summed E-state index contributed by atoms with van der Waals surface area (Å²) in [5.41, 5.74) is 1.96. The van der Waals surface area contributed by atoms with Crippen LogP contribution < -0.4 is 8.92 Å². The van der Waals surface area contributed by atoms with E-state index in [4.69, 9.17) is 20.5 Å². The van der Waals surface area contributed by atoms with Gasteiger partial charge in [-0.05, 0) is 42.5 Å². The number of aromatic nitrogens is 2. The molecule has 8 heteroatoms. The van der Waals surface area contributed by atoms with E-state index in [1.165, 1.54) is 23.9 Å². The Hall–Kier alpha value is -3.29. The highest BCUT2D eigenvalue weighted by atomic mass is 35.5. The third kappa shape index (κ3) is 4.17. The molecule has 1 aromatic heterocycles. The maximum absolute atomic E-state index is 12.9. The van der Waals surface area contributed by atoms with E-state index in [9.17, 15) is 8.42 Å². The third-order valence-electron chi connectivity index (χ3n) is 4.34. The van der Waals surface area contributed by atoms with Gasteiger partial charge in [-0.25, -0.2) is 0 Å². The Balaban J connectivity index is 1.78. The van der Waals surface area contributed by atoms with Gasteiger partial charge >= 0.3 is 10.1 Å². The standard InChI is InChI=1S/C22H17ClN2O4S/c1-28-19-10-12-20(13-11-19)30(26,27)29-22-15-21(16-6-3-2-4-7-16)24-25(22)18-9-5-8-17(23)14-18/h2-15H,1H3. The second-order valence-electron chi connectivity index (χ2n) is 6.34. The molecule has 0 amide bonds. The summed E-state index contributed by atoms with van der Waals surface area (Å²) < 4.78 is 37.7. The van der Waals surface area contributed by atoms with Gasteiger partial charge in [-0.1, -0.05) is 48.0 Å². The largest absolute Gasteiger partial charge is 0.497 e. The second kappa shape index (κ2) is 8.22. The van der Waals surface area contributed by atoms with Crippen molar-refractivity contribution in [3.05, 3.63) is 90.0 Å².